The number of ether oxygens (including phenoxy) is 1. The number of aliphatic hydroxyl groups excluding tert-OH is 2. The Labute approximate surface area is 118 Å². The number of hydrogen-bond acceptors (Lipinski definition) is 8. The van der Waals surface area contributed by atoms with Gasteiger partial charge in [-0.1, -0.05) is 0 Å². The lowest BCUT2D eigenvalue weighted by atomic mass is 9.99. The minimum atomic E-state index is -1.77. The van der Waals surface area contributed by atoms with Crippen LogP contribution in [0.3, 0.4) is 0 Å². The second-order valence-electron chi connectivity index (χ2n) is 5.16. The van der Waals surface area contributed by atoms with E-state index in [1.165, 1.54) is 17.8 Å². The largest absolute Gasteiger partial charge is 0.393 e. The fourth-order valence-corrected chi connectivity index (χ4v) is 2.39. The SMILES string of the molecule is C[C@]1(CO)O[C@H](n2cnc3c(N)nc(N)nc32)[C@@H](F)[C@@H]1O. The molecule has 0 unspecified atom stereocenters. The number of alkyl halides is 1. The van der Waals surface area contributed by atoms with Gasteiger partial charge in [0.2, 0.25) is 5.95 Å². The fraction of sp³-hybridized carbons (Fsp3) is 0.545. The third-order valence-corrected chi connectivity index (χ3v) is 3.64. The predicted octanol–water partition coefficient (Wildman–Crippen LogP) is -1.03. The molecule has 0 amide bonds. The fourth-order valence-electron chi connectivity index (χ4n) is 2.39. The molecule has 3 heterocycles. The van der Waals surface area contributed by atoms with Gasteiger partial charge in [0.25, 0.3) is 0 Å². The van der Waals surface area contributed by atoms with Crippen molar-refractivity contribution in [2.45, 2.75) is 31.0 Å². The molecule has 1 aliphatic rings. The van der Waals surface area contributed by atoms with E-state index in [-0.39, 0.29) is 22.9 Å². The second-order valence-corrected chi connectivity index (χ2v) is 5.16. The van der Waals surface area contributed by atoms with Crippen LogP contribution in [-0.4, -0.2) is 54.2 Å². The van der Waals surface area contributed by atoms with Gasteiger partial charge >= 0.3 is 0 Å². The standard InChI is InChI=1S/C11H15FN6O3/c1-11(2-19)6(20)4(12)9(21-11)18-3-15-5-7(13)16-10(14)17-8(5)18/h3-4,6,9,19-20H,2H2,1H3,(H4,13,14,16,17)/t4-,6-,9-,11+/m0/s1. The molecule has 10 heteroatoms. The molecule has 4 atom stereocenters. The molecule has 2 aromatic heterocycles. The van der Waals surface area contributed by atoms with E-state index < -0.39 is 30.7 Å². The Morgan fingerprint density at radius 1 is 1.48 bits per heavy atom. The summed E-state index contributed by atoms with van der Waals surface area (Å²) in [5.41, 5.74) is 10.2. The van der Waals surface area contributed by atoms with Gasteiger partial charge in [-0.05, 0) is 6.92 Å². The van der Waals surface area contributed by atoms with E-state index >= 15 is 0 Å². The lowest BCUT2D eigenvalue weighted by Gasteiger charge is -2.24. The number of aromatic nitrogens is 4. The van der Waals surface area contributed by atoms with Crippen LogP contribution in [0.25, 0.3) is 11.2 Å². The zero-order valence-corrected chi connectivity index (χ0v) is 11.1. The van der Waals surface area contributed by atoms with Crippen molar-refractivity contribution in [3.63, 3.8) is 0 Å². The zero-order chi connectivity index (χ0) is 15.4. The highest BCUT2D eigenvalue weighted by atomic mass is 19.1. The molecule has 0 spiro atoms. The molecule has 0 aromatic carbocycles. The minimum absolute atomic E-state index is 0.0649. The maximum atomic E-state index is 14.3. The third kappa shape index (κ3) is 1.91. The van der Waals surface area contributed by atoms with Gasteiger partial charge in [0.15, 0.2) is 23.9 Å². The molecule has 114 valence electrons. The first-order valence-corrected chi connectivity index (χ1v) is 6.23. The van der Waals surface area contributed by atoms with Crippen LogP contribution in [0.2, 0.25) is 0 Å². The highest BCUT2D eigenvalue weighted by Crippen LogP contribution is 2.39. The van der Waals surface area contributed by atoms with Gasteiger partial charge < -0.3 is 26.4 Å². The summed E-state index contributed by atoms with van der Waals surface area (Å²) in [7, 11) is 0. The van der Waals surface area contributed by atoms with Crippen molar-refractivity contribution in [1.29, 1.82) is 0 Å². The molecule has 1 fully saturated rings. The molecule has 1 saturated heterocycles. The number of nitrogens with two attached hydrogens (primary N) is 2. The van der Waals surface area contributed by atoms with Crippen LogP contribution in [0.15, 0.2) is 6.33 Å². The van der Waals surface area contributed by atoms with E-state index in [4.69, 9.17) is 16.2 Å². The van der Waals surface area contributed by atoms with Crippen LogP contribution >= 0.6 is 0 Å². The average Bonchev–Trinajstić information content (AvgIpc) is 2.95. The molecule has 21 heavy (non-hydrogen) atoms. The van der Waals surface area contributed by atoms with E-state index in [0.717, 1.165) is 0 Å². The van der Waals surface area contributed by atoms with E-state index in [1.54, 1.807) is 0 Å². The van der Waals surface area contributed by atoms with Crippen LogP contribution in [0, 0.1) is 0 Å². The Kier molecular flexibility index (Phi) is 2.97. The molecule has 2 aromatic rings. The van der Waals surface area contributed by atoms with Gasteiger partial charge in [-0.15, -0.1) is 0 Å². The number of fused-ring (bicyclic) bond motifs is 1. The summed E-state index contributed by atoms with van der Waals surface area (Å²) in [6, 6.07) is 0. The van der Waals surface area contributed by atoms with Gasteiger partial charge in [-0.2, -0.15) is 9.97 Å². The monoisotopic (exact) mass is 298 g/mol. The maximum absolute atomic E-state index is 14.3. The zero-order valence-electron chi connectivity index (χ0n) is 11.1. The molecule has 9 nitrogen and oxygen atoms in total. The molecule has 0 aliphatic carbocycles. The number of nitrogen functional groups attached to an aromatic ring is 2. The Bertz CT molecular complexity index is 694. The lowest BCUT2D eigenvalue weighted by Crippen LogP contribution is -2.42. The smallest absolute Gasteiger partial charge is 0.224 e. The highest BCUT2D eigenvalue weighted by molar-refractivity contribution is 5.82. The highest BCUT2D eigenvalue weighted by Gasteiger charge is 2.53. The molecule has 0 bridgehead atoms. The van der Waals surface area contributed by atoms with Crippen LogP contribution in [-0.2, 0) is 4.74 Å². The topological polar surface area (TPSA) is 145 Å². The van der Waals surface area contributed by atoms with Crippen molar-refractivity contribution in [1.82, 2.24) is 19.5 Å². The minimum Gasteiger partial charge on any atom is -0.393 e. The van der Waals surface area contributed by atoms with E-state index in [0.29, 0.717) is 0 Å². The van der Waals surface area contributed by atoms with E-state index in [2.05, 4.69) is 15.0 Å². The van der Waals surface area contributed by atoms with Crippen molar-refractivity contribution < 1.29 is 19.3 Å². The Hall–Kier alpha value is -2.04. The van der Waals surface area contributed by atoms with Gasteiger partial charge in [-0.3, -0.25) is 4.57 Å². The Morgan fingerprint density at radius 2 is 2.19 bits per heavy atom. The number of anilines is 2. The van der Waals surface area contributed by atoms with Crippen molar-refractivity contribution in [2.24, 2.45) is 0 Å². The van der Waals surface area contributed by atoms with Crippen LogP contribution in [0.1, 0.15) is 13.2 Å². The van der Waals surface area contributed by atoms with Crippen LogP contribution < -0.4 is 11.5 Å². The Morgan fingerprint density at radius 3 is 2.81 bits per heavy atom. The summed E-state index contributed by atoms with van der Waals surface area (Å²) in [6.07, 6.45) is -3.17. The van der Waals surface area contributed by atoms with Crippen molar-refractivity contribution in [3.8, 4) is 0 Å². The Balaban J connectivity index is 2.10. The quantitative estimate of drug-likeness (QED) is 0.550. The lowest BCUT2D eigenvalue weighted by molar-refractivity contribution is -0.115. The van der Waals surface area contributed by atoms with Crippen molar-refractivity contribution in [3.05, 3.63) is 6.33 Å². The predicted molar refractivity (Wildman–Crippen MR) is 70.7 cm³/mol. The first-order valence-electron chi connectivity index (χ1n) is 6.23. The number of hydrogen-bond donors (Lipinski definition) is 4. The van der Waals surface area contributed by atoms with E-state index in [9.17, 15) is 14.6 Å². The first kappa shape index (κ1) is 13.9. The van der Waals surface area contributed by atoms with Crippen molar-refractivity contribution >= 4 is 22.9 Å². The summed E-state index contributed by atoms with van der Waals surface area (Å²) in [4.78, 5) is 11.7. The van der Waals surface area contributed by atoms with Crippen LogP contribution in [0.4, 0.5) is 16.2 Å². The number of halogens is 1. The summed E-state index contributed by atoms with van der Waals surface area (Å²) >= 11 is 0. The first-order chi connectivity index (χ1) is 9.87. The van der Waals surface area contributed by atoms with Crippen LogP contribution in [0.5, 0.6) is 0 Å². The second kappa shape index (κ2) is 4.48. The molecule has 0 saturated carbocycles. The molecule has 3 rings (SSSR count). The van der Waals surface area contributed by atoms with Gasteiger partial charge in [0, 0.05) is 0 Å². The molecule has 0 radical (unpaired) electrons. The summed E-state index contributed by atoms with van der Waals surface area (Å²) in [5.74, 6) is -0.0178. The van der Waals surface area contributed by atoms with Gasteiger partial charge in [0.05, 0.1) is 12.9 Å². The third-order valence-electron chi connectivity index (χ3n) is 3.64. The maximum Gasteiger partial charge on any atom is 0.224 e. The summed E-state index contributed by atoms with van der Waals surface area (Å²) in [5, 5.41) is 19.2. The number of rotatable bonds is 2. The average molecular weight is 298 g/mol. The number of nitrogens with zero attached hydrogens (tertiary/aromatic N) is 4. The normalized spacial score (nSPS) is 32.9. The summed E-state index contributed by atoms with van der Waals surface area (Å²) < 4.78 is 21.1. The molecular weight excluding hydrogens is 283 g/mol. The molecule has 6 N–H and O–H groups in total. The van der Waals surface area contributed by atoms with Gasteiger partial charge in [-0.25, -0.2) is 9.37 Å². The van der Waals surface area contributed by atoms with Crippen molar-refractivity contribution in [2.75, 3.05) is 18.1 Å². The number of imidazole rings is 1. The molecular formula is C11H15FN6O3. The molecule has 1 aliphatic heterocycles. The van der Waals surface area contributed by atoms with Gasteiger partial charge in [0.1, 0.15) is 17.2 Å². The number of aliphatic hydroxyl groups is 2. The summed E-state index contributed by atoms with van der Waals surface area (Å²) in [6.45, 7) is 0.887. The van der Waals surface area contributed by atoms with E-state index in [1.807, 2.05) is 0 Å².